The fourth-order valence-corrected chi connectivity index (χ4v) is 3.00. The van der Waals surface area contributed by atoms with Crippen molar-refractivity contribution in [2.24, 2.45) is 13.0 Å². The first-order chi connectivity index (χ1) is 9.00. The zero-order chi connectivity index (χ0) is 14.0. The zero-order valence-electron chi connectivity index (χ0n) is 11.9. The summed E-state index contributed by atoms with van der Waals surface area (Å²) in [5, 5.41) is 5.12. The van der Waals surface area contributed by atoms with Crippen molar-refractivity contribution in [2.45, 2.75) is 45.6 Å². The lowest BCUT2D eigenvalue weighted by atomic mass is 10.0. The number of rotatable bonds is 2. The molecule has 19 heavy (non-hydrogen) atoms. The molecular formula is C14H22ClN3O. The molecule has 0 bridgehead atoms. The van der Waals surface area contributed by atoms with E-state index in [2.05, 4.69) is 5.10 Å². The van der Waals surface area contributed by atoms with E-state index in [1.54, 1.807) is 10.9 Å². The van der Waals surface area contributed by atoms with Gasteiger partial charge in [-0.15, -0.1) is 0 Å². The number of halogens is 1. The third-order valence-electron chi connectivity index (χ3n) is 3.66. The van der Waals surface area contributed by atoms with Crippen molar-refractivity contribution < 1.29 is 4.79 Å². The first kappa shape index (κ1) is 14.4. The van der Waals surface area contributed by atoms with Crippen molar-refractivity contribution in [3.8, 4) is 0 Å². The minimum atomic E-state index is 0.0167. The summed E-state index contributed by atoms with van der Waals surface area (Å²) >= 11 is 6.26. The summed E-state index contributed by atoms with van der Waals surface area (Å²) in [4.78, 5) is 14.4. The first-order valence-corrected chi connectivity index (χ1v) is 7.38. The van der Waals surface area contributed by atoms with Crippen LogP contribution in [0.5, 0.6) is 0 Å². The average molecular weight is 284 g/mol. The summed E-state index contributed by atoms with van der Waals surface area (Å²) in [6.45, 7) is 4.71. The summed E-state index contributed by atoms with van der Waals surface area (Å²) in [7, 11) is 1.86. The summed E-state index contributed by atoms with van der Waals surface area (Å²) in [6, 6.07) is 0.0334. The molecule has 2 rings (SSSR count). The smallest absolute Gasteiger partial charge is 0.225 e. The lowest BCUT2D eigenvalue weighted by Gasteiger charge is -2.30. The van der Waals surface area contributed by atoms with Gasteiger partial charge in [0.05, 0.1) is 11.1 Å². The second-order valence-corrected chi connectivity index (χ2v) is 5.99. The molecule has 1 amide bonds. The Morgan fingerprint density at radius 2 is 2.16 bits per heavy atom. The van der Waals surface area contributed by atoms with Crippen LogP contribution >= 0.6 is 11.6 Å². The van der Waals surface area contributed by atoms with Gasteiger partial charge in [0, 0.05) is 25.7 Å². The number of carbonyl (C=O) groups excluding carboxylic acids is 1. The minimum absolute atomic E-state index is 0.0167. The number of carbonyl (C=O) groups is 1. The van der Waals surface area contributed by atoms with E-state index in [-0.39, 0.29) is 17.9 Å². The van der Waals surface area contributed by atoms with Crippen molar-refractivity contribution in [3.63, 3.8) is 0 Å². The van der Waals surface area contributed by atoms with Crippen LogP contribution < -0.4 is 0 Å². The maximum absolute atomic E-state index is 12.4. The van der Waals surface area contributed by atoms with E-state index >= 15 is 0 Å². The number of nitrogens with zero attached hydrogens (tertiary/aromatic N) is 3. The predicted octanol–water partition coefficient (Wildman–Crippen LogP) is 3.17. The Kier molecular flexibility index (Phi) is 4.50. The van der Waals surface area contributed by atoms with Gasteiger partial charge in [0.2, 0.25) is 5.91 Å². The molecule has 0 saturated carbocycles. The van der Waals surface area contributed by atoms with Gasteiger partial charge in [0.1, 0.15) is 5.69 Å². The van der Waals surface area contributed by atoms with Crippen LogP contribution in [0.1, 0.15) is 51.3 Å². The van der Waals surface area contributed by atoms with Gasteiger partial charge in [-0.05, 0) is 12.8 Å². The van der Waals surface area contributed by atoms with Crippen LogP contribution in [0.15, 0.2) is 6.20 Å². The van der Waals surface area contributed by atoms with Crippen molar-refractivity contribution in [1.29, 1.82) is 0 Å². The summed E-state index contributed by atoms with van der Waals surface area (Å²) < 4.78 is 1.72. The topological polar surface area (TPSA) is 38.1 Å². The molecule has 1 aliphatic heterocycles. The lowest BCUT2D eigenvalue weighted by molar-refractivity contribution is -0.137. The Morgan fingerprint density at radius 3 is 2.74 bits per heavy atom. The van der Waals surface area contributed by atoms with Crippen LogP contribution in [0.3, 0.4) is 0 Å². The number of hydrogen-bond acceptors (Lipinski definition) is 2. The molecule has 1 aromatic rings. The highest BCUT2D eigenvalue weighted by Crippen LogP contribution is 2.33. The standard InChI is InChI=1S/C14H22ClN3O/c1-10(2)14(19)18-8-6-4-5-7-12(18)13-11(15)9-17(3)16-13/h9-10,12H,4-8H2,1-3H3/t12-/m0/s1. The molecule has 0 aromatic carbocycles. The van der Waals surface area contributed by atoms with Crippen LogP contribution in [-0.4, -0.2) is 27.1 Å². The number of likely N-dealkylation sites (tertiary alicyclic amines) is 1. The third kappa shape index (κ3) is 3.11. The van der Waals surface area contributed by atoms with E-state index < -0.39 is 0 Å². The van der Waals surface area contributed by atoms with Gasteiger partial charge in [-0.25, -0.2) is 0 Å². The summed E-state index contributed by atoms with van der Waals surface area (Å²) in [6.07, 6.45) is 6.12. The van der Waals surface area contributed by atoms with Crippen molar-refractivity contribution in [1.82, 2.24) is 14.7 Å². The highest BCUT2D eigenvalue weighted by molar-refractivity contribution is 6.31. The average Bonchev–Trinajstić information content (AvgIpc) is 2.57. The van der Waals surface area contributed by atoms with Crippen LogP contribution in [0.4, 0.5) is 0 Å². The molecule has 1 aliphatic rings. The van der Waals surface area contributed by atoms with Crippen LogP contribution in [-0.2, 0) is 11.8 Å². The van der Waals surface area contributed by atoms with Crippen LogP contribution in [0, 0.1) is 5.92 Å². The number of amides is 1. The second-order valence-electron chi connectivity index (χ2n) is 5.59. The SMILES string of the molecule is CC(C)C(=O)N1CCCCC[C@H]1c1nn(C)cc1Cl. The highest BCUT2D eigenvalue weighted by Gasteiger charge is 2.31. The number of hydrogen-bond donors (Lipinski definition) is 0. The molecule has 106 valence electrons. The zero-order valence-corrected chi connectivity index (χ0v) is 12.7. The van der Waals surface area contributed by atoms with Crippen molar-refractivity contribution in [3.05, 3.63) is 16.9 Å². The molecule has 1 fully saturated rings. The van der Waals surface area contributed by atoms with E-state index in [9.17, 15) is 4.79 Å². The fraction of sp³-hybridized carbons (Fsp3) is 0.714. The van der Waals surface area contributed by atoms with Crippen molar-refractivity contribution in [2.75, 3.05) is 6.54 Å². The molecule has 2 heterocycles. The largest absolute Gasteiger partial charge is 0.334 e. The van der Waals surface area contributed by atoms with Gasteiger partial charge in [0.15, 0.2) is 0 Å². The van der Waals surface area contributed by atoms with E-state index in [0.29, 0.717) is 5.02 Å². The van der Waals surface area contributed by atoms with Crippen molar-refractivity contribution >= 4 is 17.5 Å². The normalized spacial score (nSPS) is 20.7. The van der Waals surface area contributed by atoms with Crippen LogP contribution in [0.25, 0.3) is 0 Å². The quantitative estimate of drug-likeness (QED) is 0.836. The molecule has 1 saturated heterocycles. The van der Waals surface area contributed by atoms with Gasteiger partial charge >= 0.3 is 0 Å². The molecule has 0 N–H and O–H groups in total. The molecule has 0 spiro atoms. The molecule has 0 unspecified atom stereocenters. The van der Waals surface area contributed by atoms with Gasteiger partial charge in [-0.3, -0.25) is 9.48 Å². The van der Waals surface area contributed by atoms with Gasteiger partial charge in [-0.1, -0.05) is 38.3 Å². The maximum atomic E-state index is 12.4. The maximum Gasteiger partial charge on any atom is 0.225 e. The van der Waals surface area contributed by atoms with E-state index in [1.165, 1.54) is 6.42 Å². The molecule has 1 atom stereocenters. The minimum Gasteiger partial charge on any atom is -0.334 e. The Balaban J connectivity index is 2.32. The van der Waals surface area contributed by atoms with E-state index in [4.69, 9.17) is 11.6 Å². The predicted molar refractivity (Wildman–Crippen MR) is 76.0 cm³/mol. The van der Waals surface area contributed by atoms with Gasteiger partial charge in [0.25, 0.3) is 0 Å². The molecular weight excluding hydrogens is 262 g/mol. The number of aromatic nitrogens is 2. The van der Waals surface area contributed by atoms with Gasteiger partial charge in [-0.2, -0.15) is 5.10 Å². The van der Waals surface area contributed by atoms with E-state index in [1.807, 2.05) is 25.8 Å². The Morgan fingerprint density at radius 1 is 1.42 bits per heavy atom. The fourth-order valence-electron chi connectivity index (χ4n) is 2.69. The lowest BCUT2D eigenvalue weighted by Crippen LogP contribution is -2.37. The first-order valence-electron chi connectivity index (χ1n) is 7.00. The molecule has 4 nitrogen and oxygen atoms in total. The number of aryl methyl sites for hydroxylation is 1. The molecule has 5 heteroatoms. The second kappa shape index (κ2) is 5.95. The summed E-state index contributed by atoms with van der Waals surface area (Å²) in [5.74, 6) is 0.219. The molecule has 1 aromatic heterocycles. The molecule has 0 radical (unpaired) electrons. The highest BCUT2D eigenvalue weighted by atomic mass is 35.5. The third-order valence-corrected chi connectivity index (χ3v) is 3.95. The monoisotopic (exact) mass is 283 g/mol. The summed E-state index contributed by atoms with van der Waals surface area (Å²) in [5.41, 5.74) is 0.847. The Labute approximate surface area is 119 Å². The Bertz CT molecular complexity index is 456. The molecule has 0 aliphatic carbocycles. The van der Waals surface area contributed by atoms with Gasteiger partial charge < -0.3 is 4.90 Å². The Hall–Kier alpha value is -1.03. The van der Waals surface area contributed by atoms with Crippen LogP contribution in [0.2, 0.25) is 5.02 Å². The van der Waals surface area contributed by atoms with E-state index in [0.717, 1.165) is 31.5 Å².